The van der Waals surface area contributed by atoms with Crippen LogP contribution in [0.4, 0.5) is 5.95 Å². The minimum atomic E-state index is 0.494. The van der Waals surface area contributed by atoms with E-state index >= 15 is 0 Å². The SMILES string of the molecule is CC.CCOc1nc(NI)nc2nc[nH]c12. The number of hydrogen-bond donors (Lipinski definition) is 2. The molecule has 7 heteroatoms. The van der Waals surface area contributed by atoms with E-state index < -0.39 is 0 Å². The molecule has 0 fully saturated rings. The Hall–Kier alpha value is -1.12. The summed E-state index contributed by atoms with van der Waals surface area (Å²) >= 11 is 1.96. The van der Waals surface area contributed by atoms with E-state index in [0.717, 1.165) is 5.52 Å². The summed E-state index contributed by atoms with van der Waals surface area (Å²) in [6, 6.07) is 0. The van der Waals surface area contributed by atoms with Gasteiger partial charge in [-0.25, -0.2) is 4.98 Å². The lowest BCUT2D eigenvalue weighted by atomic mass is 10.5. The van der Waals surface area contributed by atoms with Crippen LogP contribution in [0.25, 0.3) is 11.2 Å². The third-order valence-corrected chi connectivity index (χ3v) is 2.10. The van der Waals surface area contributed by atoms with Crippen molar-refractivity contribution in [3.8, 4) is 5.88 Å². The molecule has 0 radical (unpaired) electrons. The minimum absolute atomic E-state index is 0.494. The van der Waals surface area contributed by atoms with Gasteiger partial charge >= 0.3 is 0 Å². The van der Waals surface area contributed by atoms with Gasteiger partial charge in [-0.2, -0.15) is 9.97 Å². The molecule has 0 bridgehead atoms. The highest BCUT2D eigenvalue weighted by atomic mass is 127. The molecule has 6 nitrogen and oxygen atoms in total. The van der Waals surface area contributed by atoms with Crippen molar-refractivity contribution in [1.82, 2.24) is 19.9 Å². The van der Waals surface area contributed by atoms with Crippen LogP contribution >= 0.6 is 22.9 Å². The largest absolute Gasteiger partial charge is 0.476 e. The molecule has 0 aliphatic carbocycles. The summed E-state index contributed by atoms with van der Waals surface area (Å²) in [5.41, 5.74) is 1.32. The Kier molecular flexibility index (Phi) is 5.23. The molecule has 0 saturated heterocycles. The highest BCUT2D eigenvalue weighted by Crippen LogP contribution is 2.20. The molecule has 2 aromatic heterocycles. The number of imidazole rings is 1. The van der Waals surface area contributed by atoms with Gasteiger partial charge in [0.15, 0.2) is 5.65 Å². The van der Waals surface area contributed by atoms with Crippen molar-refractivity contribution >= 4 is 40.0 Å². The van der Waals surface area contributed by atoms with Gasteiger partial charge in [-0.15, -0.1) is 0 Å². The average molecular weight is 335 g/mol. The van der Waals surface area contributed by atoms with E-state index in [-0.39, 0.29) is 0 Å². The molecule has 0 aliphatic rings. The molecule has 0 aromatic carbocycles. The average Bonchev–Trinajstić information content (AvgIpc) is 2.80. The van der Waals surface area contributed by atoms with Gasteiger partial charge in [0, 0.05) is 0 Å². The van der Waals surface area contributed by atoms with Crippen LogP contribution in [0.2, 0.25) is 0 Å². The zero-order valence-corrected chi connectivity index (χ0v) is 11.6. The number of halogens is 1. The maximum atomic E-state index is 5.35. The molecule has 0 amide bonds. The monoisotopic (exact) mass is 335 g/mol. The molecule has 2 N–H and O–H groups in total. The fourth-order valence-electron chi connectivity index (χ4n) is 1.09. The molecule has 0 atom stereocenters. The Bertz CT molecular complexity index is 444. The van der Waals surface area contributed by atoms with Gasteiger partial charge in [-0.3, -0.25) is 3.53 Å². The van der Waals surface area contributed by atoms with Crippen molar-refractivity contribution in [2.24, 2.45) is 0 Å². The summed E-state index contributed by atoms with van der Waals surface area (Å²) in [6.45, 7) is 6.47. The summed E-state index contributed by atoms with van der Waals surface area (Å²) < 4.78 is 8.18. The maximum absolute atomic E-state index is 5.35. The molecule has 2 rings (SSSR count). The first-order chi connectivity index (χ1) is 7.85. The van der Waals surface area contributed by atoms with E-state index in [4.69, 9.17) is 4.74 Å². The van der Waals surface area contributed by atoms with E-state index in [1.807, 2.05) is 43.6 Å². The number of nitrogens with one attached hydrogen (secondary N) is 2. The van der Waals surface area contributed by atoms with E-state index in [0.29, 0.717) is 24.1 Å². The molecular formula is C9H14IN5O. The summed E-state index contributed by atoms with van der Waals surface area (Å²) in [4.78, 5) is 15.3. The minimum Gasteiger partial charge on any atom is -0.476 e. The van der Waals surface area contributed by atoms with Crippen molar-refractivity contribution in [3.05, 3.63) is 6.33 Å². The zero-order chi connectivity index (χ0) is 12.0. The smallest absolute Gasteiger partial charge is 0.245 e. The van der Waals surface area contributed by atoms with Crippen molar-refractivity contribution in [2.45, 2.75) is 20.8 Å². The Morgan fingerprint density at radius 3 is 2.81 bits per heavy atom. The number of aromatic nitrogens is 4. The lowest BCUT2D eigenvalue weighted by Crippen LogP contribution is -1.99. The molecule has 16 heavy (non-hydrogen) atoms. The third-order valence-electron chi connectivity index (χ3n) is 1.62. The normalized spacial score (nSPS) is 9.50. The Labute approximate surface area is 108 Å². The summed E-state index contributed by atoms with van der Waals surface area (Å²) in [5.74, 6) is 1.02. The van der Waals surface area contributed by atoms with Crippen LogP contribution in [-0.2, 0) is 0 Å². The molecule has 0 unspecified atom stereocenters. The van der Waals surface area contributed by atoms with Crippen LogP contribution in [-0.4, -0.2) is 26.5 Å². The third kappa shape index (κ3) is 2.71. The number of anilines is 1. The second kappa shape index (κ2) is 6.46. The van der Waals surface area contributed by atoms with Crippen molar-refractivity contribution in [3.63, 3.8) is 0 Å². The fraction of sp³-hybridized carbons (Fsp3) is 0.444. The number of hydrogen-bond acceptors (Lipinski definition) is 5. The molecule has 88 valence electrons. The summed E-state index contributed by atoms with van der Waals surface area (Å²) in [6.07, 6.45) is 1.57. The van der Waals surface area contributed by atoms with E-state index in [2.05, 4.69) is 23.5 Å². The van der Waals surface area contributed by atoms with E-state index in [9.17, 15) is 0 Å². The second-order valence-electron chi connectivity index (χ2n) is 2.48. The fourth-order valence-corrected chi connectivity index (χ4v) is 1.33. The maximum Gasteiger partial charge on any atom is 0.245 e. The predicted octanol–water partition coefficient (Wildman–Crippen LogP) is 2.54. The first-order valence-electron chi connectivity index (χ1n) is 5.05. The number of ether oxygens (including phenoxy) is 1. The zero-order valence-electron chi connectivity index (χ0n) is 9.41. The Morgan fingerprint density at radius 1 is 1.44 bits per heavy atom. The lowest BCUT2D eigenvalue weighted by molar-refractivity contribution is 0.331. The Morgan fingerprint density at radius 2 is 2.19 bits per heavy atom. The molecular weight excluding hydrogens is 321 g/mol. The standard InChI is InChI=1S/C7H8IN5O.C2H6/c1-2-14-6-4-5(10-3-9-4)11-7(12-6)13-8;1-2/h3H,2H2,1H3,(H2,9,10,11,12,13);1-2H3. The second-order valence-corrected chi connectivity index (χ2v) is 3.02. The molecule has 0 saturated carbocycles. The van der Waals surface area contributed by atoms with Crippen molar-refractivity contribution in [1.29, 1.82) is 0 Å². The molecule has 0 aliphatic heterocycles. The van der Waals surface area contributed by atoms with E-state index in [1.54, 1.807) is 6.33 Å². The number of H-pyrrole nitrogens is 1. The molecule has 2 aromatic rings. The number of fused-ring (bicyclic) bond motifs is 1. The predicted molar refractivity (Wildman–Crippen MR) is 71.8 cm³/mol. The number of rotatable bonds is 3. The number of nitrogens with zero attached hydrogens (tertiary/aromatic N) is 3. The first-order valence-corrected chi connectivity index (χ1v) is 6.13. The summed E-state index contributed by atoms with van der Waals surface area (Å²) in [5, 5.41) is 0. The van der Waals surface area contributed by atoms with Crippen LogP contribution in [0.3, 0.4) is 0 Å². The lowest BCUT2D eigenvalue weighted by Gasteiger charge is -2.03. The van der Waals surface area contributed by atoms with E-state index in [1.165, 1.54) is 0 Å². The quantitative estimate of drug-likeness (QED) is 0.666. The summed E-state index contributed by atoms with van der Waals surface area (Å²) in [7, 11) is 0. The van der Waals surface area contributed by atoms with Crippen LogP contribution < -0.4 is 8.27 Å². The van der Waals surface area contributed by atoms with Crippen LogP contribution in [0.15, 0.2) is 6.33 Å². The van der Waals surface area contributed by atoms with Gasteiger partial charge in [0.2, 0.25) is 11.8 Å². The first kappa shape index (κ1) is 12.9. The Balaban J connectivity index is 0.000000606. The van der Waals surface area contributed by atoms with Crippen molar-refractivity contribution < 1.29 is 4.74 Å². The van der Waals surface area contributed by atoms with Gasteiger partial charge in [0.05, 0.1) is 35.8 Å². The molecule has 0 spiro atoms. The van der Waals surface area contributed by atoms with Crippen molar-refractivity contribution in [2.75, 3.05) is 10.1 Å². The van der Waals surface area contributed by atoms with Gasteiger partial charge in [-0.05, 0) is 6.92 Å². The number of aromatic amines is 1. The van der Waals surface area contributed by atoms with Gasteiger partial charge in [0.1, 0.15) is 5.52 Å². The molecule has 2 heterocycles. The van der Waals surface area contributed by atoms with Gasteiger partial charge < -0.3 is 9.72 Å². The van der Waals surface area contributed by atoms with Crippen LogP contribution in [0, 0.1) is 0 Å². The topological polar surface area (TPSA) is 75.7 Å². The van der Waals surface area contributed by atoms with Gasteiger partial charge in [0.25, 0.3) is 0 Å². The highest BCUT2D eigenvalue weighted by Gasteiger charge is 2.09. The van der Waals surface area contributed by atoms with Crippen LogP contribution in [0.1, 0.15) is 20.8 Å². The van der Waals surface area contributed by atoms with Crippen LogP contribution in [0.5, 0.6) is 5.88 Å². The van der Waals surface area contributed by atoms with Gasteiger partial charge in [-0.1, -0.05) is 13.8 Å². The highest BCUT2D eigenvalue weighted by molar-refractivity contribution is 14.1.